The van der Waals surface area contributed by atoms with Crippen molar-refractivity contribution in [3.8, 4) is 0 Å². The highest BCUT2D eigenvalue weighted by Crippen LogP contribution is 2.24. The highest BCUT2D eigenvalue weighted by atomic mass is 15.0. The summed E-state index contributed by atoms with van der Waals surface area (Å²) in [5, 5.41) is 9.03. The van der Waals surface area contributed by atoms with Gasteiger partial charge in [0.1, 0.15) is 0 Å². The van der Waals surface area contributed by atoms with Crippen molar-refractivity contribution in [2.45, 2.75) is 66.5 Å². The average Bonchev–Trinajstić information content (AvgIpc) is 2.72. The van der Waals surface area contributed by atoms with E-state index in [0.29, 0.717) is 6.04 Å². The highest BCUT2D eigenvalue weighted by Gasteiger charge is 2.12. The molecule has 0 aromatic carbocycles. The third kappa shape index (κ3) is 6.13. The summed E-state index contributed by atoms with van der Waals surface area (Å²) in [6, 6.07) is 12.6. The maximum Gasteiger partial charge on any atom is 0.161 e. The molecule has 168 valence electrons. The van der Waals surface area contributed by atoms with Crippen molar-refractivity contribution in [1.29, 1.82) is 0 Å². The number of nitrogens with one attached hydrogen (secondary N) is 2. The number of fused-ring (bicyclic) bond motifs is 2. The second-order valence-electron chi connectivity index (χ2n) is 9.24. The van der Waals surface area contributed by atoms with Crippen LogP contribution in [0.15, 0.2) is 48.8 Å². The van der Waals surface area contributed by atoms with Crippen LogP contribution in [0.4, 0.5) is 11.4 Å². The largest absolute Gasteiger partial charge is 0.382 e. The number of rotatable bonds is 4. The molecule has 0 aliphatic heterocycles. The Morgan fingerprint density at radius 1 is 0.812 bits per heavy atom. The molecule has 32 heavy (non-hydrogen) atoms. The van der Waals surface area contributed by atoms with E-state index in [2.05, 4.69) is 90.3 Å². The average molecular weight is 431 g/mol. The van der Waals surface area contributed by atoms with Gasteiger partial charge in [-0.1, -0.05) is 6.92 Å². The fourth-order valence-electron chi connectivity index (χ4n) is 3.34. The zero-order valence-corrected chi connectivity index (χ0v) is 20.2. The number of aryl methyl sites for hydroxylation is 2. The van der Waals surface area contributed by atoms with Crippen LogP contribution in [0.3, 0.4) is 0 Å². The van der Waals surface area contributed by atoms with E-state index in [9.17, 15) is 0 Å². The summed E-state index contributed by atoms with van der Waals surface area (Å²) >= 11 is 0. The Morgan fingerprint density at radius 2 is 1.41 bits per heavy atom. The van der Waals surface area contributed by atoms with Crippen molar-refractivity contribution in [1.82, 2.24) is 19.9 Å². The van der Waals surface area contributed by atoms with Crippen LogP contribution >= 0.6 is 0 Å². The van der Waals surface area contributed by atoms with Gasteiger partial charge in [0.15, 0.2) is 11.3 Å². The molecule has 0 spiro atoms. The van der Waals surface area contributed by atoms with Gasteiger partial charge in [-0.15, -0.1) is 0 Å². The van der Waals surface area contributed by atoms with Crippen LogP contribution in [-0.4, -0.2) is 31.5 Å². The van der Waals surface area contributed by atoms with E-state index >= 15 is 0 Å². The summed E-state index contributed by atoms with van der Waals surface area (Å²) in [7, 11) is 0. The fraction of sp³-hybridized carbons (Fsp3) is 0.385. The molecule has 0 atom stereocenters. The molecule has 4 rings (SSSR count). The highest BCUT2D eigenvalue weighted by molar-refractivity contribution is 5.89. The van der Waals surface area contributed by atoms with E-state index < -0.39 is 0 Å². The first-order valence-corrected chi connectivity index (χ1v) is 11.2. The molecule has 6 nitrogen and oxygen atoms in total. The summed E-state index contributed by atoms with van der Waals surface area (Å²) in [4.78, 5) is 17.5. The lowest BCUT2D eigenvalue weighted by atomic mass is 10.1. The van der Waals surface area contributed by atoms with Gasteiger partial charge in [-0.25, -0.2) is 19.9 Å². The Balaban J connectivity index is 0.000000182. The number of nitrogens with zero attached hydrogens (tertiary/aromatic N) is 4. The monoisotopic (exact) mass is 430 g/mol. The first kappa shape index (κ1) is 23.4. The predicted octanol–water partition coefficient (Wildman–Crippen LogP) is 6.16. The van der Waals surface area contributed by atoms with Gasteiger partial charge in [-0.05, 0) is 84.4 Å². The van der Waals surface area contributed by atoms with Crippen molar-refractivity contribution < 1.29 is 0 Å². The maximum atomic E-state index is 4.53. The van der Waals surface area contributed by atoms with Gasteiger partial charge in [-0.3, -0.25) is 0 Å². The molecular weight excluding hydrogens is 396 g/mol. The van der Waals surface area contributed by atoms with Gasteiger partial charge in [-0.2, -0.15) is 0 Å². The minimum absolute atomic E-state index is 0.0394. The summed E-state index contributed by atoms with van der Waals surface area (Å²) < 4.78 is 0. The molecular formula is C26H34N6. The summed E-state index contributed by atoms with van der Waals surface area (Å²) in [5.41, 5.74) is 5.94. The third-order valence-electron chi connectivity index (χ3n) is 4.72. The second kappa shape index (κ2) is 9.90. The van der Waals surface area contributed by atoms with E-state index in [1.165, 1.54) is 0 Å². The van der Waals surface area contributed by atoms with Crippen LogP contribution < -0.4 is 10.6 Å². The molecule has 0 aliphatic rings. The van der Waals surface area contributed by atoms with Gasteiger partial charge in [0.2, 0.25) is 0 Å². The lowest BCUT2D eigenvalue weighted by Crippen LogP contribution is -2.26. The Hall–Kier alpha value is -3.28. The smallest absolute Gasteiger partial charge is 0.161 e. The number of hydrogen-bond acceptors (Lipinski definition) is 6. The van der Waals surface area contributed by atoms with Crippen molar-refractivity contribution in [2.75, 3.05) is 10.6 Å². The third-order valence-corrected chi connectivity index (χ3v) is 4.72. The van der Waals surface area contributed by atoms with E-state index in [4.69, 9.17) is 0 Å². The fourth-order valence-corrected chi connectivity index (χ4v) is 3.34. The lowest BCUT2D eigenvalue weighted by molar-refractivity contribution is 0.635. The molecule has 0 amide bonds. The van der Waals surface area contributed by atoms with Crippen LogP contribution in [0.5, 0.6) is 0 Å². The first-order valence-electron chi connectivity index (χ1n) is 11.2. The van der Waals surface area contributed by atoms with Crippen LogP contribution in [0.2, 0.25) is 0 Å². The zero-order chi connectivity index (χ0) is 23.3. The quantitative estimate of drug-likeness (QED) is 0.404. The maximum absolute atomic E-state index is 4.53. The molecule has 0 bridgehead atoms. The van der Waals surface area contributed by atoms with Crippen LogP contribution in [0.25, 0.3) is 22.1 Å². The van der Waals surface area contributed by atoms with Gasteiger partial charge < -0.3 is 10.6 Å². The van der Waals surface area contributed by atoms with Gasteiger partial charge in [0, 0.05) is 57.5 Å². The second-order valence-corrected chi connectivity index (χ2v) is 9.24. The Labute approximate surface area is 190 Å². The number of pyridine rings is 4. The molecule has 2 N–H and O–H groups in total. The Kier molecular flexibility index (Phi) is 7.23. The Morgan fingerprint density at radius 3 is 2.03 bits per heavy atom. The number of aromatic nitrogens is 4. The molecule has 4 heterocycles. The minimum atomic E-state index is 0.0394. The van der Waals surface area contributed by atoms with E-state index in [-0.39, 0.29) is 5.54 Å². The molecule has 0 unspecified atom stereocenters. The Bertz CT molecular complexity index is 1190. The van der Waals surface area contributed by atoms with Gasteiger partial charge in [0.05, 0.1) is 0 Å². The summed E-state index contributed by atoms with van der Waals surface area (Å²) in [6.07, 6.45) is 4.54. The van der Waals surface area contributed by atoms with E-state index in [1.807, 2.05) is 31.3 Å². The van der Waals surface area contributed by atoms with Gasteiger partial charge >= 0.3 is 0 Å². The molecule has 0 radical (unpaired) electrons. The summed E-state index contributed by atoms with van der Waals surface area (Å²) in [6.45, 7) is 14.8. The summed E-state index contributed by atoms with van der Waals surface area (Å²) in [5.74, 6) is 0. The van der Waals surface area contributed by atoms with Crippen molar-refractivity contribution in [2.24, 2.45) is 0 Å². The molecule has 4 aromatic heterocycles. The van der Waals surface area contributed by atoms with Crippen LogP contribution in [0, 0.1) is 6.92 Å². The zero-order valence-electron chi connectivity index (χ0n) is 20.2. The van der Waals surface area contributed by atoms with E-state index in [1.54, 1.807) is 6.20 Å². The number of anilines is 2. The van der Waals surface area contributed by atoms with Crippen LogP contribution in [0.1, 0.15) is 52.9 Å². The molecule has 6 heteroatoms. The van der Waals surface area contributed by atoms with Crippen molar-refractivity contribution in [3.63, 3.8) is 0 Å². The van der Waals surface area contributed by atoms with Crippen LogP contribution in [-0.2, 0) is 6.42 Å². The minimum Gasteiger partial charge on any atom is -0.382 e. The normalized spacial score (nSPS) is 11.4. The molecule has 4 aromatic rings. The molecule has 0 saturated heterocycles. The molecule has 0 aliphatic carbocycles. The number of hydrogen-bond donors (Lipinski definition) is 2. The molecule has 0 fully saturated rings. The SMILES string of the molecule is CCc1ccc2c(NC(C)(C)C)ccnc2n1.Cc1ccc2c(NC(C)C)ccnc2n1. The standard InChI is InChI=1S/C14H19N3.C12H15N3/c1-5-10-6-7-11-12(17-14(2,3)4)8-9-15-13(11)16-10;1-8(2)14-11-6-7-13-12-10(11)5-4-9(3)15-12/h6-9H,5H2,1-4H3,(H,15,16,17);4-8H,1-3H3,(H,13,14,15). The lowest BCUT2D eigenvalue weighted by Gasteiger charge is -2.23. The van der Waals surface area contributed by atoms with Gasteiger partial charge in [0.25, 0.3) is 0 Å². The predicted molar refractivity (Wildman–Crippen MR) is 135 cm³/mol. The van der Waals surface area contributed by atoms with Crippen molar-refractivity contribution >= 4 is 33.4 Å². The van der Waals surface area contributed by atoms with Crippen molar-refractivity contribution in [3.05, 3.63) is 60.2 Å². The van der Waals surface area contributed by atoms with E-state index in [0.717, 1.165) is 51.3 Å². The molecule has 0 saturated carbocycles. The topological polar surface area (TPSA) is 75.6 Å². The first-order chi connectivity index (χ1) is 15.2.